The molecule has 0 aliphatic carbocycles. The zero-order chi connectivity index (χ0) is 12.4. The molecule has 0 aliphatic rings. The summed E-state index contributed by atoms with van der Waals surface area (Å²) in [6.07, 6.45) is 2.01. The number of thiophene rings is 1. The van der Waals surface area contributed by atoms with Gasteiger partial charge in [0.15, 0.2) is 0 Å². The maximum Gasteiger partial charge on any atom is 0.106 e. The molecule has 1 atom stereocenters. The minimum absolute atomic E-state index is 0.0762. The predicted octanol–water partition coefficient (Wildman–Crippen LogP) is 3.90. The topological polar surface area (TPSA) is 39.2 Å². The van der Waals surface area contributed by atoms with E-state index in [1.807, 2.05) is 13.8 Å². The summed E-state index contributed by atoms with van der Waals surface area (Å²) in [5, 5.41) is 4.30. The normalized spacial score (nSPS) is 12.9. The standard InChI is InChI=1S/C14H19NOS/c1-9-10(2)16-11(3)14(9)13(15)5-4-12-6-7-17-8-12/h6-8,13H,4-5,15H2,1-3H3. The van der Waals surface area contributed by atoms with Crippen molar-refractivity contribution in [1.29, 1.82) is 0 Å². The molecule has 2 heterocycles. The molecule has 2 N–H and O–H groups in total. The summed E-state index contributed by atoms with van der Waals surface area (Å²) in [6.45, 7) is 6.09. The fourth-order valence-corrected chi connectivity index (χ4v) is 2.96. The lowest BCUT2D eigenvalue weighted by molar-refractivity contribution is 0.494. The van der Waals surface area contributed by atoms with Gasteiger partial charge in [-0.15, -0.1) is 0 Å². The summed E-state index contributed by atoms with van der Waals surface area (Å²) in [6, 6.07) is 2.24. The minimum Gasteiger partial charge on any atom is -0.466 e. The van der Waals surface area contributed by atoms with E-state index in [0.717, 1.165) is 24.4 Å². The summed E-state index contributed by atoms with van der Waals surface area (Å²) in [4.78, 5) is 0. The average Bonchev–Trinajstić information content (AvgIpc) is 2.86. The monoisotopic (exact) mass is 249 g/mol. The fraction of sp³-hybridized carbons (Fsp3) is 0.429. The van der Waals surface area contributed by atoms with Crippen molar-refractivity contribution in [1.82, 2.24) is 0 Å². The second kappa shape index (κ2) is 5.07. The first-order valence-corrected chi connectivity index (χ1v) is 6.87. The molecule has 0 aliphatic heterocycles. The number of hydrogen-bond donors (Lipinski definition) is 1. The van der Waals surface area contributed by atoms with Gasteiger partial charge in [0.2, 0.25) is 0 Å². The van der Waals surface area contributed by atoms with Crippen molar-refractivity contribution >= 4 is 11.3 Å². The molecule has 0 saturated heterocycles. The van der Waals surface area contributed by atoms with E-state index in [0.29, 0.717) is 0 Å². The number of rotatable bonds is 4. The molecule has 0 radical (unpaired) electrons. The Morgan fingerprint density at radius 1 is 1.29 bits per heavy atom. The number of nitrogens with two attached hydrogens (primary N) is 1. The van der Waals surface area contributed by atoms with Crippen LogP contribution in [0.1, 0.15) is 40.7 Å². The summed E-state index contributed by atoms with van der Waals surface area (Å²) >= 11 is 1.74. The van der Waals surface area contributed by atoms with E-state index >= 15 is 0 Å². The van der Waals surface area contributed by atoms with E-state index in [1.165, 1.54) is 16.7 Å². The van der Waals surface area contributed by atoms with Gasteiger partial charge in [-0.2, -0.15) is 11.3 Å². The van der Waals surface area contributed by atoms with Crippen LogP contribution in [0.3, 0.4) is 0 Å². The molecule has 1 unspecified atom stereocenters. The summed E-state index contributed by atoms with van der Waals surface area (Å²) < 4.78 is 5.63. The van der Waals surface area contributed by atoms with Crippen LogP contribution in [0.5, 0.6) is 0 Å². The van der Waals surface area contributed by atoms with Gasteiger partial charge in [0.25, 0.3) is 0 Å². The first-order chi connectivity index (χ1) is 8.09. The van der Waals surface area contributed by atoms with Crippen LogP contribution in [0.15, 0.2) is 21.2 Å². The van der Waals surface area contributed by atoms with Crippen LogP contribution in [0.2, 0.25) is 0 Å². The number of aryl methyl sites for hydroxylation is 3. The molecule has 0 fully saturated rings. The summed E-state index contributed by atoms with van der Waals surface area (Å²) in [5.41, 5.74) is 10.0. The predicted molar refractivity (Wildman–Crippen MR) is 72.5 cm³/mol. The van der Waals surface area contributed by atoms with Crippen LogP contribution in [-0.2, 0) is 6.42 Å². The third-order valence-corrected chi connectivity index (χ3v) is 4.04. The van der Waals surface area contributed by atoms with E-state index in [-0.39, 0.29) is 6.04 Å². The van der Waals surface area contributed by atoms with Gasteiger partial charge in [-0.1, -0.05) is 0 Å². The van der Waals surface area contributed by atoms with E-state index in [9.17, 15) is 0 Å². The first kappa shape index (κ1) is 12.4. The molecule has 2 nitrogen and oxygen atoms in total. The van der Waals surface area contributed by atoms with E-state index in [4.69, 9.17) is 10.2 Å². The van der Waals surface area contributed by atoms with Crippen molar-refractivity contribution in [3.63, 3.8) is 0 Å². The van der Waals surface area contributed by atoms with Crippen LogP contribution in [0.25, 0.3) is 0 Å². The molecule has 2 aromatic rings. The van der Waals surface area contributed by atoms with Gasteiger partial charge >= 0.3 is 0 Å². The summed E-state index contributed by atoms with van der Waals surface area (Å²) in [5.74, 6) is 1.96. The second-order valence-corrected chi connectivity index (χ2v) is 5.31. The largest absolute Gasteiger partial charge is 0.466 e. The highest BCUT2D eigenvalue weighted by molar-refractivity contribution is 7.07. The average molecular weight is 249 g/mol. The van der Waals surface area contributed by atoms with Crippen LogP contribution in [-0.4, -0.2) is 0 Å². The molecule has 2 rings (SSSR count). The maximum atomic E-state index is 6.27. The SMILES string of the molecule is Cc1oc(C)c(C(N)CCc2ccsc2)c1C. The molecular weight excluding hydrogens is 230 g/mol. The third-order valence-electron chi connectivity index (χ3n) is 3.31. The van der Waals surface area contributed by atoms with Gasteiger partial charge in [0, 0.05) is 11.6 Å². The zero-order valence-corrected chi connectivity index (χ0v) is 11.4. The molecule has 17 heavy (non-hydrogen) atoms. The third kappa shape index (κ3) is 2.61. The lowest BCUT2D eigenvalue weighted by Gasteiger charge is -2.11. The van der Waals surface area contributed by atoms with Crippen LogP contribution >= 0.6 is 11.3 Å². The van der Waals surface area contributed by atoms with Crippen LogP contribution in [0, 0.1) is 20.8 Å². The van der Waals surface area contributed by atoms with E-state index < -0.39 is 0 Å². The molecule has 0 bridgehead atoms. The molecular formula is C14H19NOS. The second-order valence-electron chi connectivity index (χ2n) is 4.53. The Hall–Kier alpha value is -1.06. The molecule has 0 spiro atoms. The van der Waals surface area contributed by atoms with Gasteiger partial charge in [0.05, 0.1) is 0 Å². The highest BCUT2D eigenvalue weighted by Crippen LogP contribution is 2.28. The van der Waals surface area contributed by atoms with Crippen molar-refractivity contribution in [2.45, 2.75) is 39.7 Å². The smallest absolute Gasteiger partial charge is 0.106 e. The minimum atomic E-state index is 0.0762. The molecule has 2 aromatic heterocycles. The van der Waals surface area contributed by atoms with Crippen LogP contribution < -0.4 is 5.73 Å². The van der Waals surface area contributed by atoms with Gasteiger partial charge in [-0.25, -0.2) is 0 Å². The quantitative estimate of drug-likeness (QED) is 0.892. The van der Waals surface area contributed by atoms with Crippen molar-refractivity contribution in [2.24, 2.45) is 5.73 Å². The first-order valence-electron chi connectivity index (χ1n) is 5.92. The highest BCUT2D eigenvalue weighted by atomic mass is 32.1. The number of furan rings is 1. The Bertz CT molecular complexity index is 485. The highest BCUT2D eigenvalue weighted by Gasteiger charge is 2.17. The zero-order valence-electron chi connectivity index (χ0n) is 10.6. The molecule has 3 heteroatoms. The molecule has 0 aromatic carbocycles. The van der Waals surface area contributed by atoms with Crippen molar-refractivity contribution < 1.29 is 4.42 Å². The number of hydrogen-bond acceptors (Lipinski definition) is 3. The summed E-state index contributed by atoms with van der Waals surface area (Å²) in [7, 11) is 0. The van der Waals surface area contributed by atoms with Crippen molar-refractivity contribution in [3.8, 4) is 0 Å². The molecule has 0 amide bonds. The van der Waals surface area contributed by atoms with Gasteiger partial charge < -0.3 is 10.2 Å². The Morgan fingerprint density at radius 3 is 2.59 bits per heavy atom. The van der Waals surface area contributed by atoms with Gasteiger partial charge in [0.1, 0.15) is 11.5 Å². The maximum absolute atomic E-state index is 6.27. The lowest BCUT2D eigenvalue weighted by Crippen LogP contribution is -2.12. The van der Waals surface area contributed by atoms with Gasteiger partial charge in [-0.3, -0.25) is 0 Å². The van der Waals surface area contributed by atoms with Crippen molar-refractivity contribution in [3.05, 3.63) is 45.0 Å². The van der Waals surface area contributed by atoms with Crippen LogP contribution in [0.4, 0.5) is 0 Å². The Morgan fingerprint density at radius 2 is 2.06 bits per heavy atom. The lowest BCUT2D eigenvalue weighted by atomic mass is 9.97. The molecule has 92 valence electrons. The Kier molecular flexibility index (Phi) is 3.69. The van der Waals surface area contributed by atoms with E-state index in [1.54, 1.807) is 11.3 Å². The Balaban J connectivity index is 2.07. The van der Waals surface area contributed by atoms with E-state index in [2.05, 4.69) is 23.8 Å². The van der Waals surface area contributed by atoms with Crippen molar-refractivity contribution in [2.75, 3.05) is 0 Å². The molecule has 0 saturated carbocycles. The van der Waals surface area contributed by atoms with Gasteiger partial charge in [-0.05, 0) is 61.6 Å². The fourth-order valence-electron chi connectivity index (χ4n) is 2.26. The Labute approximate surface area is 106 Å².